The summed E-state index contributed by atoms with van der Waals surface area (Å²) in [5.41, 5.74) is 1.81. The summed E-state index contributed by atoms with van der Waals surface area (Å²) in [5, 5.41) is 7.08. The van der Waals surface area contributed by atoms with Crippen LogP contribution in [0.2, 0.25) is 0 Å². The van der Waals surface area contributed by atoms with E-state index in [0.29, 0.717) is 6.54 Å². The predicted molar refractivity (Wildman–Crippen MR) is 79.9 cm³/mol. The number of rotatable bonds is 4. The number of hydrogen-bond acceptors (Lipinski definition) is 4. The molecule has 1 saturated heterocycles. The van der Waals surface area contributed by atoms with Gasteiger partial charge in [-0.05, 0) is 31.9 Å². The van der Waals surface area contributed by atoms with Crippen molar-refractivity contribution >= 4 is 11.6 Å². The Labute approximate surface area is 123 Å². The van der Waals surface area contributed by atoms with Crippen LogP contribution in [0.4, 0.5) is 5.69 Å². The van der Waals surface area contributed by atoms with Crippen LogP contribution >= 0.6 is 0 Å². The average Bonchev–Trinajstić information content (AvgIpc) is 3.14. The van der Waals surface area contributed by atoms with Crippen molar-refractivity contribution in [3.05, 3.63) is 47.9 Å². The number of nitrogens with zero attached hydrogens (tertiary/aromatic N) is 2. The van der Waals surface area contributed by atoms with Gasteiger partial charge in [-0.25, -0.2) is 0 Å². The molecule has 1 aromatic carbocycles. The van der Waals surface area contributed by atoms with Crippen LogP contribution in [0.5, 0.6) is 0 Å². The van der Waals surface area contributed by atoms with E-state index in [-0.39, 0.29) is 11.9 Å². The molecule has 1 unspecified atom stereocenters. The summed E-state index contributed by atoms with van der Waals surface area (Å²) in [4.78, 5) is 14.3. The van der Waals surface area contributed by atoms with Crippen LogP contribution in [-0.2, 0) is 4.79 Å². The predicted octanol–water partition coefficient (Wildman–Crippen LogP) is 2.76. The Kier molecular flexibility index (Phi) is 3.90. The highest BCUT2D eigenvalue weighted by molar-refractivity contribution is 5.81. The van der Waals surface area contributed by atoms with E-state index in [1.807, 2.05) is 48.2 Å². The summed E-state index contributed by atoms with van der Waals surface area (Å²) in [6, 6.07) is 11.7. The van der Waals surface area contributed by atoms with Gasteiger partial charge in [0, 0.05) is 18.3 Å². The molecule has 1 aromatic heterocycles. The smallest absolute Gasteiger partial charge is 0.242 e. The van der Waals surface area contributed by atoms with Gasteiger partial charge < -0.3 is 14.7 Å². The molecule has 110 valence electrons. The van der Waals surface area contributed by atoms with Crippen molar-refractivity contribution in [1.82, 2.24) is 10.1 Å². The van der Waals surface area contributed by atoms with Crippen LogP contribution in [0, 0.1) is 6.92 Å². The van der Waals surface area contributed by atoms with Crippen molar-refractivity contribution in [2.24, 2.45) is 0 Å². The number of nitrogens with one attached hydrogen (secondary N) is 1. The first-order valence-electron chi connectivity index (χ1n) is 7.25. The number of aryl methyl sites for hydroxylation is 1. The molecule has 5 nitrogen and oxygen atoms in total. The molecule has 5 heteroatoms. The third-order valence-electron chi connectivity index (χ3n) is 3.77. The van der Waals surface area contributed by atoms with Gasteiger partial charge in [0.15, 0.2) is 5.76 Å². The minimum atomic E-state index is 0.0243. The van der Waals surface area contributed by atoms with Crippen LogP contribution in [0.15, 0.2) is 40.9 Å². The highest BCUT2D eigenvalue weighted by Crippen LogP contribution is 2.32. The molecule has 1 atom stereocenters. The Bertz CT molecular complexity index is 609. The summed E-state index contributed by atoms with van der Waals surface area (Å²) in [5.74, 6) is 0.883. The molecule has 2 aromatic rings. The number of amides is 1. The Hall–Kier alpha value is -2.30. The molecular formula is C16H19N3O2. The van der Waals surface area contributed by atoms with Crippen molar-refractivity contribution in [3.63, 3.8) is 0 Å². The summed E-state index contributed by atoms with van der Waals surface area (Å²) in [6.07, 6.45) is 1.94. The zero-order valence-corrected chi connectivity index (χ0v) is 12.1. The number of benzene rings is 1. The van der Waals surface area contributed by atoms with E-state index in [1.54, 1.807) is 0 Å². The van der Waals surface area contributed by atoms with E-state index in [1.165, 1.54) is 0 Å². The fraction of sp³-hybridized carbons (Fsp3) is 0.375. The maximum atomic E-state index is 12.4. The number of para-hydroxylation sites is 1. The molecule has 1 amide bonds. The lowest BCUT2D eigenvalue weighted by molar-refractivity contribution is -0.130. The maximum Gasteiger partial charge on any atom is 0.242 e. The van der Waals surface area contributed by atoms with Crippen LogP contribution in [-0.4, -0.2) is 29.1 Å². The molecule has 1 N–H and O–H groups in total. The third kappa shape index (κ3) is 3.07. The molecule has 3 rings (SSSR count). The van der Waals surface area contributed by atoms with Crippen molar-refractivity contribution in [1.29, 1.82) is 0 Å². The fourth-order valence-electron chi connectivity index (χ4n) is 2.74. The number of likely N-dealkylation sites (tertiary alicyclic amines) is 1. The fourth-order valence-corrected chi connectivity index (χ4v) is 2.74. The topological polar surface area (TPSA) is 58.4 Å². The van der Waals surface area contributed by atoms with Gasteiger partial charge in [0.2, 0.25) is 5.91 Å². The van der Waals surface area contributed by atoms with Gasteiger partial charge in [-0.3, -0.25) is 4.79 Å². The normalized spacial score (nSPS) is 18.0. The average molecular weight is 285 g/mol. The minimum absolute atomic E-state index is 0.0243. The lowest BCUT2D eigenvalue weighted by atomic mass is 10.1. The quantitative estimate of drug-likeness (QED) is 0.938. The molecule has 21 heavy (non-hydrogen) atoms. The molecule has 0 radical (unpaired) electrons. The van der Waals surface area contributed by atoms with Gasteiger partial charge in [-0.2, -0.15) is 0 Å². The molecular weight excluding hydrogens is 266 g/mol. The Morgan fingerprint density at radius 1 is 1.43 bits per heavy atom. The Morgan fingerprint density at radius 3 is 2.95 bits per heavy atom. The Balaban J connectivity index is 1.63. The number of carbonyl (C=O) groups excluding carboxylic acids is 1. The van der Waals surface area contributed by atoms with Crippen LogP contribution in [0.1, 0.15) is 30.3 Å². The summed E-state index contributed by atoms with van der Waals surface area (Å²) in [6.45, 7) is 2.97. The second-order valence-electron chi connectivity index (χ2n) is 5.34. The van der Waals surface area contributed by atoms with Gasteiger partial charge >= 0.3 is 0 Å². The van der Waals surface area contributed by atoms with Gasteiger partial charge in [-0.15, -0.1) is 0 Å². The molecule has 0 saturated carbocycles. The van der Waals surface area contributed by atoms with Crippen molar-refractivity contribution in [3.8, 4) is 0 Å². The van der Waals surface area contributed by atoms with Gasteiger partial charge in [0.1, 0.15) is 0 Å². The lowest BCUT2D eigenvalue weighted by Gasteiger charge is -2.23. The van der Waals surface area contributed by atoms with Gasteiger partial charge in [0.25, 0.3) is 0 Å². The molecule has 1 aliphatic rings. The minimum Gasteiger partial charge on any atom is -0.376 e. The standard InChI is InChI=1S/C16H19N3O2/c1-12-10-15(21-18-12)14-8-5-9-19(14)16(20)11-17-13-6-3-2-4-7-13/h2-4,6-7,10,14,17H,5,8-9,11H2,1H3. The lowest BCUT2D eigenvalue weighted by Crippen LogP contribution is -2.35. The van der Waals surface area contributed by atoms with Gasteiger partial charge in [-0.1, -0.05) is 23.4 Å². The number of aromatic nitrogens is 1. The van der Waals surface area contributed by atoms with Gasteiger partial charge in [0.05, 0.1) is 18.3 Å². The zero-order chi connectivity index (χ0) is 14.7. The van der Waals surface area contributed by atoms with E-state index >= 15 is 0 Å². The van der Waals surface area contributed by atoms with E-state index < -0.39 is 0 Å². The highest BCUT2D eigenvalue weighted by atomic mass is 16.5. The second-order valence-corrected chi connectivity index (χ2v) is 5.34. The van der Waals surface area contributed by atoms with E-state index in [2.05, 4.69) is 10.5 Å². The first-order valence-corrected chi connectivity index (χ1v) is 7.25. The molecule has 2 heterocycles. The molecule has 1 aliphatic heterocycles. The molecule has 0 aliphatic carbocycles. The van der Waals surface area contributed by atoms with Crippen LogP contribution in [0.25, 0.3) is 0 Å². The SMILES string of the molecule is Cc1cc(C2CCCN2C(=O)CNc2ccccc2)on1. The third-order valence-corrected chi connectivity index (χ3v) is 3.77. The van der Waals surface area contributed by atoms with Crippen molar-refractivity contribution < 1.29 is 9.32 Å². The molecule has 1 fully saturated rings. The monoisotopic (exact) mass is 285 g/mol. The summed E-state index contributed by atoms with van der Waals surface area (Å²) in [7, 11) is 0. The highest BCUT2D eigenvalue weighted by Gasteiger charge is 2.32. The van der Waals surface area contributed by atoms with Crippen molar-refractivity contribution in [2.75, 3.05) is 18.4 Å². The first kappa shape index (κ1) is 13.7. The summed E-state index contributed by atoms with van der Waals surface area (Å²) >= 11 is 0. The first-order chi connectivity index (χ1) is 10.2. The second kappa shape index (κ2) is 5.99. The largest absolute Gasteiger partial charge is 0.376 e. The van der Waals surface area contributed by atoms with Crippen molar-refractivity contribution in [2.45, 2.75) is 25.8 Å². The number of carbonyl (C=O) groups is 1. The van der Waals surface area contributed by atoms with Crippen LogP contribution in [0.3, 0.4) is 0 Å². The maximum absolute atomic E-state index is 12.4. The van der Waals surface area contributed by atoms with E-state index in [4.69, 9.17) is 4.52 Å². The molecule has 0 spiro atoms. The van der Waals surface area contributed by atoms with E-state index in [0.717, 1.165) is 36.5 Å². The Morgan fingerprint density at radius 2 is 2.24 bits per heavy atom. The summed E-state index contributed by atoms with van der Waals surface area (Å²) < 4.78 is 5.33. The van der Waals surface area contributed by atoms with E-state index in [9.17, 15) is 4.79 Å². The number of hydrogen-bond donors (Lipinski definition) is 1. The number of anilines is 1. The molecule has 0 bridgehead atoms. The zero-order valence-electron chi connectivity index (χ0n) is 12.1. The van der Waals surface area contributed by atoms with Crippen LogP contribution < -0.4 is 5.32 Å².